The molecule has 4 aromatic rings. The fourth-order valence-electron chi connectivity index (χ4n) is 4.04. The maximum absolute atomic E-state index is 13.5. The Morgan fingerprint density at radius 1 is 0.972 bits per heavy atom. The standard InChI is InChI=1S/C27H23Cl3FN3O2/c1-17(18-10-14-21(31)15-11-18)34-26(19-8-12-20(28)13-9-19)32-33(27(34)36)16-22(35)4-2-5-23-24(29)6-3-7-25(23)30/h3,6-15,17H,2,4-5,16H2,1H3. The molecular formula is C27H23Cl3FN3O2. The number of benzene rings is 3. The summed E-state index contributed by atoms with van der Waals surface area (Å²) in [5.41, 5.74) is 1.77. The van der Waals surface area contributed by atoms with E-state index < -0.39 is 11.7 Å². The zero-order valence-corrected chi connectivity index (χ0v) is 21.7. The number of carbonyl (C=O) groups excluding carboxylic acids is 1. The van der Waals surface area contributed by atoms with Crippen molar-refractivity contribution in [1.29, 1.82) is 0 Å². The second kappa shape index (κ2) is 11.4. The highest BCUT2D eigenvalue weighted by molar-refractivity contribution is 6.36. The van der Waals surface area contributed by atoms with Crippen LogP contribution in [0.25, 0.3) is 11.4 Å². The van der Waals surface area contributed by atoms with Gasteiger partial charge in [-0.3, -0.25) is 9.36 Å². The van der Waals surface area contributed by atoms with Gasteiger partial charge in [-0.15, -0.1) is 5.10 Å². The quantitative estimate of drug-likeness (QED) is 0.227. The van der Waals surface area contributed by atoms with Crippen LogP contribution in [0.3, 0.4) is 0 Å². The molecule has 0 aliphatic carbocycles. The Balaban J connectivity index is 1.58. The number of Topliss-reactive ketones (excluding diaryl/α,β-unsaturated/α-hetero) is 1. The Morgan fingerprint density at radius 3 is 2.25 bits per heavy atom. The molecule has 0 aliphatic rings. The Hall–Kier alpha value is -2.93. The molecule has 1 atom stereocenters. The van der Waals surface area contributed by atoms with Crippen molar-refractivity contribution >= 4 is 40.6 Å². The first kappa shape index (κ1) is 26.1. The Labute approximate surface area is 223 Å². The van der Waals surface area contributed by atoms with E-state index in [-0.39, 0.29) is 24.6 Å². The number of rotatable bonds is 9. The van der Waals surface area contributed by atoms with Crippen molar-refractivity contribution in [2.24, 2.45) is 0 Å². The molecule has 0 fully saturated rings. The first-order valence-electron chi connectivity index (χ1n) is 11.4. The van der Waals surface area contributed by atoms with Crippen LogP contribution in [0, 0.1) is 5.82 Å². The van der Waals surface area contributed by atoms with Gasteiger partial charge in [-0.1, -0.05) is 53.0 Å². The van der Waals surface area contributed by atoms with Crippen LogP contribution in [-0.4, -0.2) is 20.1 Å². The van der Waals surface area contributed by atoms with Crippen LogP contribution in [0.4, 0.5) is 4.39 Å². The summed E-state index contributed by atoms with van der Waals surface area (Å²) in [6.45, 7) is 1.66. The minimum Gasteiger partial charge on any atom is -0.298 e. The molecule has 0 saturated heterocycles. The third-order valence-corrected chi connectivity index (χ3v) is 6.94. The summed E-state index contributed by atoms with van der Waals surface area (Å²) in [5.74, 6) is -0.109. The molecule has 0 N–H and O–H groups in total. The molecule has 186 valence electrons. The van der Waals surface area contributed by atoms with Crippen molar-refractivity contribution in [3.05, 3.63) is 109 Å². The smallest absolute Gasteiger partial charge is 0.298 e. The lowest BCUT2D eigenvalue weighted by Crippen LogP contribution is -2.29. The van der Waals surface area contributed by atoms with E-state index in [0.717, 1.165) is 11.1 Å². The number of aromatic nitrogens is 3. The molecular weight excluding hydrogens is 524 g/mol. The van der Waals surface area contributed by atoms with Gasteiger partial charge in [0, 0.05) is 27.1 Å². The van der Waals surface area contributed by atoms with Crippen molar-refractivity contribution in [2.75, 3.05) is 0 Å². The molecule has 0 aliphatic heterocycles. The normalized spacial score (nSPS) is 12.0. The Bertz CT molecular complexity index is 1410. The van der Waals surface area contributed by atoms with Crippen molar-refractivity contribution < 1.29 is 9.18 Å². The van der Waals surface area contributed by atoms with E-state index in [1.807, 2.05) is 6.92 Å². The van der Waals surface area contributed by atoms with Gasteiger partial charge in [0.2, 0.25) is 0 Å². The van der Waals surface area contributed by atoms with Crippen LogP contribution in [-0.2, 0) is 17.8 Å². The molecule has 3 aromatic carbocycles. The lowest BCUT2D eigenvalue weighted by molar-refractivity contribution is -0.119. The molecule has 36 heavy (non-hydrogen) atoms. The minimum atomic E-state index is -0.449. The van der Waals surface area contributed by atoms with Gasteiger partial charge in [0.25, 0.3) is 0 Å². The molecule has 1 aromatic heterocycles. The summed E-state index contributed by atoms with van der Waals surface area (Å²) < 4.78 is 16.1. The van der Waals surface area contributed by atoms with E-state index in [2.05, 4.69) is 5.10 Å². The average Bonchev–Trinajstić information content (AvgIpc) is 3.17. The molecule has 0 radical (unpaired) electrons. The van der Waals surface area contributed by atoms with Crippen molar-refractivity contribution in [1.82, 2.24) is 14.3 Å². The molecule has 5 nitrogen and oxygen atoms in total. The highest BCUT2D eigenvalue weighted by Gasteiger charge is 2.22. The highest BCUT2D eigenvalue weighted by Crippen LogP contribution is 2.27. The zero-order chi connectivity index (χ0) is 25.8. The summed E-state index contributed by atoms with van der Waals surface area (Å²) >= 11 is 18.5. The number of hydrogen-bond donors (Lipinski definition) is 0. The predicted molar refractivity (Wildman–Crippen MR) is 142 cm³/mol. The summed E-state index contributed by atoms with van der Waals surface area (Å²) in [6, 6.07) is 17.7. The summed E-state index contributed by atoms with van der Waals surface area (Å²) in [5, 5.41) is 6.17. The number of halogens is 4. The van der Waals surface area contributed by atoms with Crippen LogP contribution >= 0.6 is 34.8 Å². The number of carbonyl (C=O) groups is 1. The lowest BCUT2D eigenvalue weighted by Gasteiger charge is -2.15. The van der Waals surface area contributed by atoms with Crippen molar-refractivity contribution in [2.45, 2.75) is 38.8 Å². The summed E-state index contributed by atoms with van der Waals surface area (Å²) in [7, 11) is 0. The van der Waals surface area contributed by atoms with Gasteiger partial charge < -0.3 is 0 Å². The number of ketones is 1. The molecule has 0 spiro atoms. The molecule has 0 bridgehead atoms. The van der Waals surface area contributed by atoms with Crippen LogP contribution in [0.1, 0.15) is 36.9 Å². The largest absolute Gasteiger partial charge is 0.347 e. The monoisotopic (exact) mass is 545 g/mol. The van der Waals surface area contributed by atoms with Crippen LogP contribution in [0.5, 0.6) is 0 Å². The molecule has 0 amide bonds. The van der Waals surface area contributed by atoms with E-state index in [1.165, 1.54) is 21.4 Å². The van der Waals surface area contributed by atoms with E-state index in [9.17, 15) is 14.0 Å². The maximum Gasteiger partial charge on any atom is 0.347 e. The van der Waals surface area contributed by atoms with Crippen molar-refractivity contribution in [3.8, 4) is 11.4 Å². The fourth-order valence-corrected chi connectivity index (χ4v) is 4.75. The second-order valence-corrected chi connectivity index (χ2v) is 9.71. The molecule has 0 saturated carbocycles. The van der Waals surface area contributed by atoms with Gasteiger partial charge in [0.15, 0.2) is 11.6 Å². The SMILES string of the molecule is CC(c1ccc(F)cc1)n1c(-c2ccc(Cl)cc2)nn(CC(=O)CCCc2c(Cl)cccc2Cl)c1=O. The first-order chi connectivity index (χ1) is 17.2. The fraction of sp³-hybridized carbons (Fsp3) is 0.222. The van der Waals surface area contributed by atoms with E-state index >= 15 is 0 Å². The Morgan fingerprint density at radius 2 is 1.61 bits per heavy atom. The summed E-state index contributed by atoms with van der Waals surface area (Å²) in [4.78, 5) is 26.2. The topological polar surface area (TPSA) is 56.9 Å². The third kappa shape index (κ3) is 5.89. The zero-order valence-electron chi connectivity index (χ0n) is 19.4. The molecule has 1 heterocycles. The summed E-state index contributed by atoms with van der Waals surface area (Å²) in [6.07, 6.45) is 1.32. The Kier molecular flexibility index (Phi) is 8.29. The molecule has 1 unspecified atom stereocenters. The van der Waals surface area contributed by atoms with Gasteiger partial charge in [-0.25, -0.2) is 13.9 Å². The second-order valence-electron chi connectivity index (χ2n) is 8.46. The highest BCUT2D eigenvalue weighted by atomic mass is 35.5. The molecule has 4 rings (SSSR count). The average molecular weight is 547 g/mol. The minimum absolute atomic E-state index is 0.137. The van der Waals surface area contributed by atoms with E-state index in [0.29, 0.717) is 39.3 Å². The van der Waals surface area contributed by atoms with Gasteiger partial charge in [0.05, 0.1) is 6.04 Å². The lowest BCUT2D eigenvalue weighted by atomic mass is 10.1. The van der Waals surface area contributed by atoms with E-state index in [4.69, 9.17) is 34.8 Å². The first-order valence-corrected chi connectivity index (χ1v) is 12.5. The van der Waals surface area contributed by atoms with Gasteiger partial charge in [-0.05, 0) is 79.4 Å². The van der Waals surface area contributed by atoms with Gasteiger partial charge in [-0.2, -0.15) is 0 Å². The predicted octanol–water partition coefficient (Wildman–Crippen LogP) is 7.01. The van der Waals surface area contributed by atoms with Crippen LogP contribution in [0.15, 0.2) is 71.5 Å². The number of hydrogen-bond acceptors (Lipinski definition) is 3. The van der Waals surface area contributed by atoms with Crippen LogP contribution < -0.4 is 5.69 Å². The number of nitrogens with zero attached hydrogens (tertiary/aromatic N) is 3. The maximum atomic E-state index is 13.5. The van der Waals surface area contributed by atoms with Crippen molar-refractivity contribution in [3.63, 3.8) is 0 Å². The van der Waals surface area contributed by atoms with Gasteiger partial charge in [0.1, 0.15) is 12.4 Å². The van der Waals surface area contributed by atoms with Gasteiger partial charge >= 0.3 is 5.69 Å². The van der Waals surface area contributed by atoms with E-state index in [1.54, 1.807) is 54.6 Å². The van der Waals surface area contributed by atoms with Crippen LogP contribution in [0.2, 0.25) is 15.1 Å². The third-order valence-electron chi connectivity index (χ3n) is 5.98. The molecule has 9 heteroatoms.